The van der Waals surface area contributed by atoms with Gasteiger partial charge in [-0.2, -0.15) is 0 Å². The molecule has 0 saturated carbocycles. The molecule has 4 aromatic heterocycles. The number of nitrogens with zero attached hydrogens (tertiary/aromatic N) is 6. The SMILES string of the molecule is Cc1ccc(-c2cc(C(=O)Nc3cccc(-c4nncn4C(C)C)n3)c(=O)n(C)c2C)cn1. The monoisotopic (exact) mass is 443 g/mol. The van der Waals surface area contributed by atoms with E-state index in [1.807, 2.05) is 44.4 Å². The predicted molar refractivity (Wildman–Crippen MR) is 126 cm³/mol. The number of hydrogen-bond acceptors (Lipinski definition) is 6. The van der Waals surface area contributed by atoms with Crippen LogP contribution in [0.25, 0.3) is 22.6 Å². The van der Waals surface area contributed by atoms with E-state index in [0.717, 1.165) is 22.5 Å². The van der Waals surface area contributed by atoms with Gasteiger partial charge in [0, 0.05) is 41.8 Å². The van der Waals surface area contributed by atoms with Crippen LogP contribution in [-0.4, -0.2) is 35.2 Å². The normalized spacial score (nSPS) is 11.1. The number of carbonyl (C=O) groups excluding carboxylic acids is 1. The lowest BCUT2D eigenvalue weighted by molar-refractivity contribution is 0.102. The van der Waals surface area contributed by atoms with Gasteiger partial charge in [0.25, 0.3) is 11.5 Å². The van der Waals surface area contributed by atoms with Crippen LogP contribution in [0.15, 0.2) is 53.7 Å². The van der Waals surface area contributed by atoms with E-state index in [1.54, 1.807) is 43.8 Å². The first-order valence-electron chi connectivity index (χ1n) is 10.6. The van der Waals surface area contributed by atoms with Crippen LogP contribution >= 0.6 is 0 Å². The van der Waals surface area contributed by atoms with Gasteiger partial charge in [-0.1, -0.05) is 12.1 Å². The van der Waals surface area contributed by atoms with E-state index in [0.29, 0.717) is 17.3 Å². The predicted octanol–water partition coefficient (Wildman–Crippen LogP) is 3.55. The molecule has 0 radical (unpaired) electrons. The summed E-state index contributed by atoms with van der Waals surface area (Å²) in [5.41, 5.74) is 3.44. The molecule has 4 aromatic rings. The van der Waals surface area contributed by atoms with E-state index in [1.165, 1.54) is 4.57 Å². The molecule has 0 aliphatic carbocycles. The van der Waals surface area contributed by atoms with Crippen LogP contribution < -0.4 is 10.9 Å². The van der Waals surface area contributed by atoms with Gasteiger partial charge < -0.3 is 14.5 Å². The average Bonchev–Trinajstić information content (AvgIpc) is 3.29. The van der Waals surface area contributed by atoms with Crippen LogP contribution in [0.5, 0.6) is 0 Å². The molecule has 4 rings (SSSR count). The lowest BCUT2D eigenvalue weighted by Crippen LogP contribution is -2.29. The van der Waals surface area contributed by atoms with Gasteiger partial charge >= 0.3 is 0 Å². The molecule has 0 aromatic carbocycles. The average molecular weight is 444 g/mol. The van der Waals surface area contributed by atoms with Crippen molar-refractivity contribution in [2.45, 2.75) is 33.7 Å². The summed E-state index contributed by atoms with van der Waals surface area (Å²) in [5.74, 6) is 0.380. The Hall–Kier alpha value is -4.14. The maximum Gasteiger partial charge on any atom is 0.263 e. The highest BCUT2D eigenvalue weighted by Gasteiger charge is 2.18. The zero-order valence-corrected chi connectivity index (χ0v) is 19.2. The minimum atomic E-state index is -0.535. The van der Waals surface area contributed by atoms with Crippen molar-refractivity contribution in [2.75, 3.05) is 5.32 Å². The maximum atomic E-state index is 13.1. The van der Waals surface area contributed by atoms with Crippen molar-refractivity contribution in [2.24, 2.45) is 7.05 Å². The Morgan fingerprint density at radius 1 is 1.12 bits per heavy atom. The van der Waals surface area contributed by atoms with E-state index in [-0.39, 0.29) is 17.2 Å². The molecule has 4 heterocycles. The molecule has 33 heavy (non-hydrogen) atoms. The molecule has 0 unspecified atom stereocenters. The molecule has 9 heteroatoms. The van der Waals surface area contributed by atoms with Crippen LogP contribution in [0.2, 0.25) is 0 Å². The third-order valence-corrected chi connectivity index (χ3v) is 5.53. The fourth-order valence-corrected chi connectivity index (χ4v) is 3.52. The Morgan fingerprint density at radius 3 is 2.61 bits per heavy atom. The summed E-state index contributed by atoms with van der Waals surface area (Å²) in [5, 5.41) is 10.9. The second-order valence-electron chi connectivity index (χ2n) is 8.13. The van der Waals surface area contributed by atoms with Crippen LogP contribution in [0.1, 0.15) is 41.6 Å². The minimum absolute atomic E-state index is 0.0243. The molecule has 0 atom stereocenters. The second kappa shape index (κ2) is 8.78. The fraction of sp³-hybridized carbons (Fsp3) is 0.250. The molecule has 1 N–H and O–H groups in total. The third-order valence-electron chi connectivity index (χ3n) is 5.53. The first-order chi connectivity index (χ1) is 15.8. The van der Waals surface area contributed by atoms with Crippen LogP contribution in [0.3, 0.4) is 0 Å². The van der Waals surface area contributed by atoms with Crippen molar-refractivity contribution in [3.63, 3.8) is 0 Å². The van der Waals surface area contributed by atoms with E-state index >= 15 is 0 Å². The van der Waals surface area contributed by atoms with Crippen molar-refractivity contribution in [1.82, 2.24) is 29.3 Å². The number of anilines is 1. The van der Waals surface area contributed by atoms with Crippen molar-refractivity contribution in [3.05, 3.63) is 76.2 Å². The quantitative estimate of drug-likeness (QED) is 0.505. The molecule has 168 valence electrons. The Morgan fingerprint density at radius 2 is 1.91 bits per heavy atom. The standard InChI is InChI=1S/C24H25N7O2/c1-14(2)31-13-26-29-22(31)20-7-6-8-21(27-20)28-23(32)19-11-18(16(4)30(5)24(19)33)17-10-9-15(3)25-12-17/h6-14H,1-5H3,(H,27,28,32). The van der Waals surface area contributed by atoms with Gasteiger partial charge in [0.05, 0.1) is 0 Å². The maximum absolute atomic E-state index is 13.1. The molecule has 0 fully saturated rings. The first-order valence-corrected chi connectivity index (χ1v) is 10.6. The zero-order chi connectivity index (χ0) is 23.7. The molecular formula is C24H25N7O2. The summed E-state index contributed by atoms with van der Waals surface area (Å²) < 4.78 is 3.37. The first kappa shape index (κ1) is 22.1. The van der Waals surface area contributed by atoms with E-state index < -0.39 is 5.91 Å². The van der Waals surface area contributed by atoms with Gasteiger partial charge in [-0.15, -0.1) is 10.2 Å². The second-order valence-corrected chi connectivity index (χ2v) is 8.13. The largest absolute Gasteiger partial charge is 0.315 e. The number of aromatic nitrogens is 6. The van der Waals surface area contributed by atoms with E-state index in [9.17, 15) is 9.59 Å². The zero-order valence-electron chi connectivity index (χ0n) is 19.2. The summed E-state index contributed by atoms with van der Waals surface area (Å²) in [4.78, 5) is 34.8. The number of amides is 1. The van der Waals surface area contributed by atoms with Gasteiger partial charge in [0.2, 0.25) is 0 Å². The van der Waals surface area contributed by atoms with Crippen LogP contribution in [0.4, 0.5) is 5.82 Å². The van der Waals surface area contributed by atoms with Gasteiger partial charge in [-0.25, -0.2) is 4.98 Å². The van der Waals surface area contributed by atoms with Gasteiger partial charge in [-0.3, -0.25) is 14.6 Å². The van der Waals surface area contributed by atoms with Crippen molar-refractivity contribution in [3.8, 4) is 22.6 Å². The number of rotatable bonds is 5. The summed E-state index contributed by atoms with van der Waals surface area (Å²) in [7, 11) is 1.65. The number of pyridine rings is 3. The molecule has 0 aliphatic heterocycles. The van der Waals surface area contributed by atoms with Crippen molar-refractivity contribution < 1.29 is 4.79 Å². The third kappa shape index (κ3) is 4.30. The Kier molecular flexibility index (Phi) is 5.87. The minimum Gasteiger partial charge on any atom is -0.315 e. The highest BCUT2D eigenvalue weighted by atomic mass is 16.2. The van der Waals surface area contributed by atoms with E-state index in [4.69, 9.17) is 0 Å². The Bertz CT molecular complexity index is 1380. The Balaban J connectivity index is 1.69. The topological polar surface area (TPSA) is 108 Å². The van der Waals surface area contributed by atoms with Gasteiger partial charge in [-0.05, 0) is 52.0 Å². The number of hydrogen-bond donors (Lipinski definition) is 1. The van der Waals surface area contributed by atoms with Gasteiger partial charge in [0.1, 0.15) is 23.4 Å². The van der Waals surface area contributed by atoms with Crippen molar-refractivity contribution in [1.29, 1.82) is 0 Å². The number of aryl methyl sites for hydroxylation is 1. The smallest absolute Gasteiger partial charge is 0.263 e. The van der Waals surface area contributed by atoms with Crippen LogP contribution in [-0.2, 0) is 7.05 Å². The highest BCUT2D eigenvalue weighted by molar-refractivity contribution is 6.04. The Labute approximate surface area is 191 Å². The van der Waals surface area contributed by atoms with E-state index in [2.05, 4.69) is 25.5 Å². The molecule has 0 bridgehead atoms. The summed E-state index contributed by atoms with van der Waals surface area (Å²) >= 11 is 0. The molecule has 1 amide bonds. The molecule has 0 spiro atoms. The van der Waals surface area contributed by atoms with Crippen molar-refractivity contribution >= 4 is 11.7 Å². The number of carbonyl (C=O) groups is 1. The molecular weight excluding hydrogens is 418 g/mol. The summed E-state index contributed by atoms with van der Waals surface area (Å²) in [6.07, 6.45) is 3.38. The fourth-order valence-electron chi connectivity index (χ4n) is 3.52. The lowest BCUT2D eigenvalue weighted by atomic mass is 10.0. The number of nitrogens with one attached hydrogen (secondary N) is 1. The highest BCUT2D eigenvalue weighted by Crippen LogP contribution is 2.23. The van der Waals surface area contributed by atoms with Gasteiger partial charge in [0.15, 0.2) is 5.82 Å². The molecule has 9 nitrogen and oxygen atoms in total. The molecule has 0 aliphatic rings. The summed E-state index contributed by atoms with van der Waals surface area (Å²) in [6.45, 7) is 7.79. The lowest BCUT2D eigenvalue weighted by Gasteiger charge is -2.14. The molecule has 0 saturated heterocycles. The van der Waals surface area contributed by atoms with Crippen LogP contribution in [0, 0.1) is 13.8 Å². The summed E-state index contributed by atoms with van der Waals surface area (Å²) in [6, 6.07) is 10.8.